The summed E-state index contributed by atoms with van der Waals surface area (Å²) < 4.78 is 5.39. The normalized spacial score (nSPS) is 15.7. The van der Waals surface area contributed by atoms with Crippen LogP contribution in [0.2, 0.25) is 0 Å². The average molecular weight is 416 g/mol. The summed E-state index contributed by atoms with van der Waals surface area (Å²) in [6, 6.07) is 5.76. The van der Waals surface area contributed by atoms with Crippen molar-refractivity contribution in [2.45, 2.75) is 37.9 Å². The number of benzene rings is 1. The molecule has 1 aromatic carbocycles. The zero-order valence-electron chi connectivity index (χ0n) is 16.3. The number of nitrogens with zero attached hydrogens (tertiary/aromatic N) is 2. The van der Waals surface area contributed by atoms with Crippen molar-refractivity contribution in [2.24, 2.45) is 0 Å². The van der Waals surface area contributed by atoms with Crippen LogP contribution in [0.25, 0.3) is 0 Å². The fourth-order valence-corrected chi connectivity index (χ4v) is 3.57. The lowest BCUT2D eigenvalue weighted by molar-refractivity contribution is -0.384. The maximum Gasteiger partial charge on any atom is 0.337 e. The predicted octanol–water partition coefficient (Wildman–Crippen LogP) is 3.18. The molecule has 1 atom stereocenters. The van der Waals surface area contributed by atoms with Gasteiger partial charge in [-0.25, -0.2) is 9.78 Å². The number of H-pyrrole nitrogens is 1. The fourth-order valence-electron chi connectivity index (χ4n) is 3.20. The van der Waals surface area contributed by atoms with Crippen molar-refractivity contribution in [1.29, 1.82) is 0 Å². The Labute approximate surface area is 170 Å². The van der Waals surface area contributed by atoms with Crippen molar-refractivity contribution in [3.8, 4) is 0 Å². The molecular formula is C19H20N4O5S. The Morgan fingerprint density at radius 3 is 2.52 bits per heavy atom. The summed E-state index contributed by atoms with van der Waals surface area (Å²) in [5, 5.41) is 14.5. The van der Waals surface area contributed by atoms with Crippen LogP contribution in [-0.2, 0) is 9.53 Å². The van der Waals surface area contributed by atoms with E-state index >= 15 is 0 Å². The number of allylic oxidation sites excluding steroid dienone is 1. The first-order valence-corrected chi connectivity index (χ1v) is 10.1. The van der Waals surface area contributed by atoms with Crippen molar-refractivity contribution in [1.82, 2.24) is 9.97 Å². The molecule has 0 radical (unpaired) electrons. The van der Waals surface area contributed by atoms with E-state index in [0.29, 0.717) is 22.2 Å². The summed E-state index contributed by atoms with van der Waals surface area (Å²) in [4.78, 5) is 43.3. The first-order chi connectivity index (χ1) is 13.7. The van der Waals surface area contributed by atoms with Gasteiger partial charge in [-0.2, -0.15) is 0 Å². The van der Waals surface area contributed by atoms with E-state index in [2.05, 4.69) is 15.3 Å². The number of aromatic amines is 1. The molecule has 29 heavy (non-hydrogen) atoms. The van der Waals surface area contributed by atoms with Crippen LogP contribution in [-0.4, -0.2) is 33.2 Å². The molecule has 0 saturated carbocycles. The molecule has 0 fully saturated rings. The van der Waals surface area contributed by atoms with Gasteiger partial charge in [-0.3, -0.25) is 14.9 Å². The maximum absolute atomic E-state index is 12.9. The lowest BCUT2D eigenvalue weighted by atomic mass is 9.82. The number of non-ortho nitro benzene ring substituents is 1. The second kappa shape index (κ2) is 8.08. The molecule has 1 aliphatic heterocycles. The van der Waals surface area contributed by atoms with Crippen molar-refractivity contribution in [3.63, 3.8) is 0 Å². The first-order valence-electron chi connectivity index (χ1n) is 8.84. The van der Waals surface area contributed by atoms with Crippen molar-refractivity contribution < 1.29 is 14.5 Å². The van der Waals surface area contributed by atoms with E-state index in [0.717, 1.165) is 0 Å². The number of aromatic nitrogens is 2. The van der Waals surface area contributed by atoms with Crippen LogP contribution in [0.3, 0.4) is 0 Å². The first kappa shape index (κ1) is 20.6. The summed E-state index contributed by atoms with van der Waals surface area (Å²) in [6.45, 7) is 5.18. The van der Waals surface area contributed by atoms with Crippen LogP contribution < -0.4 is 10.9 Å². The zero-order chi connectivity index (χ0) is 21.3. The van der Waals surface area contributed by atoms with E-state index in [1.54, 1.807) is 27.0 Å². The number of rotatable bonds is 5. The number of fused-ring (bicyclic) bond motifs is 1. The summed E-state index contributed by atoms with van der Waals surface area (Å²) >= 11 is 1.29. The second-order valence-corrected chi connectivity index (χ2v) is 7.53. The number of anilines is 1. The summed E-state index contributed by atoms with van der Waals surface area (Å²) in [7, 11) is 0. The summed E-state index contributed by atoms with van der Waals surface area (Å²) in [5.74, 6) is -0.988. The lowest BCUT2D eigenvalue weighted by Gasteiger charge is -2.29. The van der Waals surface area contributed by atoms with Gasteiger partial charge in [0.25, 0.3) is 11.2 Å². The van der Waals surface area contributed by atoms with Gasteiger partial charge in [-0.15, -0.1) is 0 Å². The third kappa shape index (κ3) is 4.02. The van der Waals surface area contributed by atoms with E-state index in [9.17, 15) is 19.7 Å². The van der Waals surface area contributed by atoms with Gasteiger partial charge in [0.05, 0.1) is 28.1 Å². The van der Waals surface area contributed by atoms with E-state index < -0.39 is 22.4 Å². The van der Waals surface area contributed by atoms with Crippen molar-refractivity contribution in [2.75, 3.05) is 11.6 Å². The molecule has 0 aliphatic carbocycles. The Balaban J connectivity index is 2.22. The molecule has 3 rings (SSSR count). The average Bonchev–Trinajstić information content (AvgIpc) is 2.66. The highest BCUT2D eigenvalue weighted by atomic mass is 32.2. The second-order valence-electron chi connectivity index (χ2n) is 6.74. The molecule has 2 N–H and O–H groups in total. The predicted molar refractivity (Wildman–Crippen MR) is 109 cm³/mol. The molecule has 0 saturated heterocycles. The van der Waals surface area contributed by atoms with Gasteiger partial charge in [-0.05, 0) is 32.6 Å². The Morgan fingerprint density at radius 2 is 1.97 bits per heavy atom. The van der Waals surface area contributed by atoms with Crippen molar-refractivity contribution >= 4 is 29.2 Å². The third-order valence-corrected chi connectivity index (χ3v) is 4.99. The molecule has 0 amide bonds. The molecule has 0 spiro atoms. The Bertz CT molecular complexity index is 1060. The van der Waals surface area contributed by atoms with Gasteiger partial charge in [0, 0.05) is 17.8 Å². The lowest BCUT2D eigenvalue weighted by Crippen LogP contribution is -2.31. The quantitative estimate of drug-likeness (QED) is 0.250. The number of carbonyl (C=O) groups excluding carboxylic acids is 1. The number of esters is 1. The number of hydrogen-bond donors (Lipinski definition) is 2. The molecule has 2 aromatic rings. The van der Waals surface area contributed by atoms with Crippen LogP contribution in [0, 0.1) is 10.1 Å². The summed E-state index contributed by atoms with van der Waals surface area (Å²) in [6.07, 6.45) is 1.44. The number of carbonyl (C=O) groups is 1. The monoisotopic (exact) mass is 416 g/mol. The highest BCUT2D eigenvalue weighted by Gasteiger charge is 2.36. The molecule has 0 bridgehead atoms. The maximum atomic E-state index is 12.9. The molecular weight excluding hydrogens is 396 g/mol. The van der Waals surface area contributed by atoms with Crippen LogP contribution in [0.4, 0.5) is 11.5 Å². The highest BCUT2D eigenvalue weighted by molar-refractivity contribution is 7.98. The molecule has 1 aliphatic rings. The van der Waals surface area contributed by atoms with Gasteiger partial charge in [0.15, 0.2) is 5.16 Å². The van der Waals surface area contributed by atoms with Gasteiger partial charge in [0.2, 0.25) is 0 Å². The van der Waals surface area contributed by atoms with Gasteiger partial charge >= 0.3 is 5.97 Å². The minimum absolute atomic E-state index is 0.0836. The van der Waals surface area contributed by atoms with E-state index in [1.165, 1.54) is 36.0 Å². The third-order valence-electron chi connectivity index (χ3n) is 4.41. The largest absolute Gasteiger partial charge is 0.460 e. The van der Waals surface area contributed by atoms with Crippen LogP contribution in [0.1, 0.15) is 37.8 Å². The van der Waals surface area contributed by atoms with Crippen molar-refractivity contribution in [3.05, 3.63) is 67.1 Å². The Hall–Kier alpha value is -3.14. The summed E-state index contributed by atoms with van der Waals surface area (Å²) in [5.41, 5.74) is 1.12. The van der Waals surface area contributed by atoms with Crippen LogP contribution in [0.5, 0.6) is 0 Å². The fraction of sp³-hybridized carbons (Fsp3) is 0.316. The van der Waals surface area contributed by atoms with Gasteiger partial charge in [-0.1, -0.05) is 23.9 Å². The zero-order valence-corrected chi connectivity index (χ0v) is 17.1. The minimum atomic E-state index is -0.773. The SMILES string of the molecule is CSc1nc2c(c(=O)[nH]1)[C@@H](c1ccc([N+](=O)[O-])cc1)C(C(=O)OC(C)C)=C(C)N2. The van der Waals surface area contributed by atoms with Gasteiger partial charge < -0.3 is 15.0 Å². The van der Waals surface area contributed by atoms with Crippen LogP contribution >= 0.6 is 11.8 Å². The minimum Gasteiger partial charge on any atom is -0.460 e. The molecule has 9 nitrogen and oxygen atoms in total. The number of ether oxygens (including phenoxy) is 1. The van der Waals surface area contributed by atoms with Gasteiger partial charge in [0.1, 0.15) is 5.82 Å². The Kier molecular flexibility index (Phi) is 5.73. The number of nitro groups is 1. The van der Waals surface area contributed by atoms with E-state index in [-0.39, 0.29) is 22.9 Å². The Morgan fingerprint density at radius 1 is 1.31 bits per heavy atom. The standard InChI is InChI=1S/C19H20N4O5S/c1-9(2)28-18(25)13-10(3)20-16-15(17(24)22-19(21-16)29-4)14(13)11-5-7-12(8-6-11)23(26)27/h5-9,14H,1-4H3,(H2,20,21,22,24)/t14-/m0/s1. The van der Waals surface area contributed by atoms with Crippen LogP contribution in [0.15, 0.2) is 45.5 Å². The highest BCUT2D eigenvalue weighted by Crippen LogP contribution is 2.40. The topological polar surface area (TPSA) is 127 Å². The number of thioether (sulfide) groups is 1. The molecule has 0 unspecified atom stereocenters. The van der Waals surface area contributed by atoms with E-state index in [1.807, 2.05) is 0 Å². The molecule has 1 aromatic heterocycles. The number of nitro benzene ring substituents is 1. The smallest absolute Gasteiger partial charge is 0.337 e. The molecule has 10 heteroatoms. The van der Waals surface area contributed by atoms with E-state index in [4.69, 9.17) is 4.74 Å². The molecule has 2 heterocycles. The number of hydrogen-bond acceptors (Lipinski definition) is 8. The number of nitrogens with one attached hydrogen (secondary N) is 2. The molecule has 152 valence electrons.